The zero-order valence-corrected chi connectivity index (χ0v) is 40.7. The molecule has 0 saturated carbocycles. The first-order valence-electron chi connectivity index (χ1n) is 22.8. The highest BCUT2D eigenvalue weighted by molar-refractivity contribution is 6.38. The third-order valence-electron chi connectivity index (χ3n) is 10.0. The number of rotatable bonds is 26. The van der Waals surface area contributed by atoms with Crippen molar-refractivity contribution < 1.29 is 57.4 Å². The van der Waals surface area contributed by atoms with E-state index in [-0.39, 0.29) is 64.0 Å². The van der Waals surface area contributed by atoms with E-state index < -0.39 is 112 Å². The summed E-state index contributed by atoms with van der Waals surface area (Å²) in [5, 5.41) is 15.7. The molecule has 7 amide bonds. The van der Waals surface area contributed by atoms with Gasteiger partial charge in [-0.3, -0.25) is 47.9 Å². The number of hydrogen-bond acceptors (Lipinski definition) is 12. The quantitative estimate of drug-likeness (QED) is 0.0415. The Morgan fingerprint density at radius 3 is 1.68 bits per heavy atom. The number of nitrogens with zero attached hydrogens (tertiary/aromatic N) is 1. The summed E-state index contributed by atoms with van der Waals surface area (Å²) >= 11 is 0. The van der Waals surface area contributed by atoms with Crippen molar-refractivity contribution >= 4 is 59.1 Å². The van der Waals surface area contributed by atoms with Crippen LogP contribution in [0.25, 0.3) is 0 Å². The number of ether oxygens (including phenoxy) is 2. The minimum Gasteiger partial charge on any atom is -0.460 e. The molecule has 1 rings (SSSR count). The molecular weight excluding hydrogens is 843 g/mol. The third-order valence-corrected chi connectivity index (χ3v) is 10.0. The van der Waals surface area contributed by atoms with Crippen molar-refractivity contribution in [1.82, 2.24) is 36.8 Å². The number of carbonyl (C=O) groups is 10. The first-order valence-corrected chi connectivity index (χ1v) is 22.8. The van der Waals surface area contributed by atoms with Gasteiger partial charge in [-0.05, 0) is 98.3 Å². The molecule has 0 radical (unpaired) electrons. The van der Waals surface area contributed by atoms with Crippen molar-refractivity contribution in [2.45, 2.75) is 195 Å². The Bertz CT molecular complexity index is 1700. The van der Waals surface area contributed by atoms with Crippen LogP contribution in [0.1, 0.15) is 147 Å². The number of carbonyl (C=O) groups excluding carboxylic acids is 10. The predicted octanol–water partition coefficient (Wildman–Crippen LogP) is 2.43. The van der Waals surface area contributed by atoms with Gasteiger partial charge in [-0.25, -0.2) is 0 Å². The Morgan fingerprint density at radius 1 is 0.677 bits per heavy atom. The maximum Gasteiger partial charge on any atom is 0.306 e. The Hall–Kier alpha value is -5.36. The highest BCUT2D eigenvalue weighted by Gasteiger charge is 2.40. The number of esters is 2. The molecule has 0 bridgehead atoms. The highest BCUT2D eigenvalue weighted by Crippen LogP contribution is 2.22. The second kappa shape index (κ2) is 27.2. The third kappa shape index (κ3) is 21.9. The van der Waals surface area contributed by atoms with Crippen LogP contribution in [-0.4, -0.2) is 125 Å². The van der Waals surface area contributed by atoms with Crippen LogP contribution >= 0.6 is 0 Å². The van der Waals surface area contributed by atoms with E-state index in [1.165, 1.54) is 17.9 Å². The summed E-state index contributed by atoms with van der Waals surface area (Å²) in [6, 6.07) is -7.19. The van der Waals surface area contributed by atoms with Gasteiger partial charge >= 0.3 is 11.9 Å². The summed E-state index contributed by atoms with van der Waals surface area (Å²) in [6.45, 7) is 24.1. The summed E-state index contributed by atoms with van der Waals surface area (Å²) in [7, 11) is 0. The van der Waals surface area contributed by atoms with Gasteiger partial charge in [-0.1, -0.05) is 47.1 Å². The standard InChI is InChI=1S/C46H77N7O12/c1-14-17-30(38(57)43(62)47-25-15-2)49-41(60)34-18-16-26-53(34)44(63)33(20-19-27(3)4)51-42(61)37(28(5)6)52-40(59)32(22-24-36(56)65-46(11,12)13)50-39(58)31(48-29(7)54)21-23-35(55)64-45(8,9)10/h15,27-28,30-34,37H,2,14,16-26H2,1,3-13H3,(H,47,62)(H,48,54)(H,49,60)(H,50,58)(H,51,61)(H,52,59)/t30?,31-,32-,33-,34-,37-/m0/s1. The zero-order valence-electron chi connectivity index (χ0n) is 40.7. The van der Waals surface area contributed by atoms with Crippen LogP contribution < -0.4 is 31.9 Å². The molecular formula is C46H77N7O12. The lowest BCUT2D eigenvalue weighted by molar-refractivity contribution is -0.156. The van der Waals surface area contributed by atoms with Crippen LogP contribution in [0.4, 0.5) is 0 Å². The molecule has 1 aliphatic rings. The molecule has 368 valence electrons. The molecule has 65 heavy (non-hydrogen) atoms. The van der Waals surface area contributed by atoms with Gasteiger partial charge in [0.05, 0.1) is 6.04 Å². The van der Waals surface area contributed by atoms with Crippen molar-refractivity contribution in [2.24, 2.45) is 11.8 Å². The first kappa shape index (κ1) is 57.7. The Morgan fingerprint density at radius 2 is 1.20 bits per heavy atom. The summed E-state index contributed by atoms with van der Waals surface area (Å²) in [5.41, 5.74) is -1.64. The normalized spacial score (nSPS) is 16.2. The average molecular weight is 920 g/mol. The molecule has 0 aromatic heterocycles. The molecule has 6 atom stereocenters. The zero-order chi connectivity index (χ0) is 49.8. The number of hydrogen-bond donors (Lipinski definition) is 6. The summed E-state index contributed by atoms with van der Waals surface area (Å²) in [4.78, 5) is 134. The lowest BCUT2D eigenvalue weighted by Crippen LogP contribution is -2.60. The maximum absolute atomic E-state index is 14.3. The van der Waals surface area contributed by atoms with Crippen molar-refractivity contribution in [2.75, 3.05) is 13.1 Å². The van der Waals surface area contributed by atoms with Crippen LogP contribution in [0.15, 0.2) is 12.7 Å². The van der Waals surface area contributed by atoms with Gasteiger partial charge in [-0.2, -0.15) is 0 Å². The molecule has 1 fully saturated rings. The van der Waals surface area contributed by atoms with E-state index >= 15 is 0 Å². The molecule has 0 aliphatic carbocycles. The van der Waals surface area contributed by atoms with Crippen LogP contribution in [0.3, 0.4) is 0 Å². The van der Waals surface area contributed by atoms with Gasteiger partial charge in [-0.15, -0.1) is 6.58 Å². The molecule has 0 aromatic carbocycles. The predicted molar refractivity (Wildman–Crippen MR) is 242 cm³/mol. The number of nitrogens with one attached hydrogen (secondary N) is 6. The van der Waals surface area contributed by atoms with E-state index in [0.29, 0.717) is 19.3 Å². The van der Waals surface area contributed by atoms with Gasteiger partial charge in [0.15, 0.2) is 0 Å². The molecule has 1 saturated heterocycles. The minimum atomic E-state index is -1.43. The molecule has 1 aliphatic heterocycles. The van der Waals surface area contributed by atoms with Gasteiger partial charge in [0, 0.05) is 32.9 Å². The van der Waals surface area contributed by atoms with Crippen LogP contribution in [0.5, 0.6) is 0 Å². The van der Waals surface area contributed by atoms with Crippen molar-refractivity contribution in [3.63, 3.8) is 0 Å². The lowest BCUT2D eigenvalue weighted by Gasteiger charge is -2.32. The second-order valence-corrected chi connectivity index (χ2v) is 19.2. The number of Topliss-reactive ketones (excluding diaryl/α,β-unsaturated/α-hetero) is 1. The Kier molecular flexibility index (Phi) is 24.1. The average Bonchev–Trinajstić information content (AvgIpc) is 3.68. The molecule has 19 heteroatoms. The smallest absolute Gasteiger partial charge is 0.306 e. The molecule has 0 aromatic rings. The molecule has 0 spiro atoms. The first-order chi connectivity index (χ1) is 30.1. The lowest BCUT2D eigenvalue weighted by atomic mass is 9.99. The van der Waals surface area contributed by atoms with Gasteiger partial charge < -0.3 is 46.3 Å². The van der Waals surface area contributed by atoms with Gasteiger partial charge in [0.2, 0.25) is 41.2 Å². The molecule has 6 N–H and O–H groups in total. The molecule has 19 nitrogen and oxygen atoms in total. The fraction of sp³-hybridized carbons (Fsp3) is 0.739. The maximum atomic E-state index is 14.3. The van der Waals surface area contributed by atoms with E-state index in [2.05, 4.69) is 38.5 Å². The largest absolute Gasteiger partial charge is 0.460 e. The highest BCUT2D eigenvalue weighted by atomic mass is 16.6. The Balaban J connectivity index is 3.43. The second-order valence-electron chi connectivity index (χ2n) is 19.2. The minimum absolute atomic E-state index is 0.0669. The van der Waals surface area contributed by atoms with E-state index in [4.69, 9.17) is 9.47 Å². The summed E-state index contributed by atoms with van der Waals surface area (Å²) in [6.07, 6.45) is 2.54. The van der Waals surface area contributed by atoms with E-state index in [0.717, 1.165) is 0 Å². The van der Waals surface area contributed by atoms with E-state index in [1.807, 2.05) is 13.8 Å². The Labute approximate surface area is 384 Å². The van der Waals surface area contributed by atoms with Crippen molar-refractivity contribution in [1.29, 1.82) is 0 Å². The number of ketones is 1. The van der Waals surface area contributed by atoms with E-state index in [9.17, 15) is 47.9 Å². The van der Waals surface area contributed by atoms with Crippen LogP contribution in [0, 0.1) is 11.8 Å². The molecule has 1 unspecified atom stereocenters. The number of likely N-dealkylation sites (tertiary alicyclic amines) is 1. The van der Waals surface area contributed by atoms with Crippen molar-refractivity contribution in [3.8, 4) is 0 Å². The van der Waals surface area contributed by atoms with Gasteiger partial charge in [0.1, 0.15) is 41.4 Å². The van der Waals surface area contributed by atoms with Gasteiger partial charge in [0.25, 0.3) is 5.91 Å². The molecule has 1 heterocycles. The summed E-state index contributed by atoms with van der Waals surface area (Å²) in [5.74, 6) is -7.53. The topological polar surface area (TPSA) is 265 Å². The fourth-order valence-corrected chi connectivity index (χ4v) is 6.91. The van der Waals surface area contributed by atoms with Crippen LogP contribution in [-0.2, 0) is 57.4 Å². The van der Waals surface area contributed by atoms with Crippen LogP contribution in [0.2, 0.25) is 0 Å². The fourth-order valence-electron chi connectivity index (χ4n) is 6.91. The SMILES string of the molecule is C=CCNC(=O)C(=O)C(CCC)NC(=O)[C@@H]1CCCN1C(=O)[C@H](CCC(C)C)NC(=O)[C@@H](NC(=O)[C@H](CCC(=O)OC(C)(C)C)NC(=O)[C@H](CCC(=O)OC(C)(C)C)NC(C)=O)C(C)C. The van der Waals surface area contributed by atoms with Crippen molar-refractivity contribution in [3.05, 3.63) is 12.7 Å². The monoisotopic (exact) mass is 920 g/mol. The van der Waals surface area contributed by atoms with E-state index in [1.54, 1.807) is 62.3 Å². The summed E-state index contributed by atoms with van der Waals surface area (Å²) < 4.78 is 10.8. The number of amides is 7.